The number of hydrogen-bond donors (Lipinski definition) is 2. The Bertz CT molecular complexity index is 2490. The van der Waals surface area contributed by atoms with Crippen molar-refractivity contribution in [1.82, 2.24) is 0 Å². The minimum absolute atomic E-state index is 0.0287. The predicted molar refractivity (Wildman–Crippen MR) is 243 cm³/mol. The minimum atomic E-state index is -3.88. The summed E-state index contributed by atoms with van der Waals surface area (Å²) in [6, 6.07) is 20.4. The maximum Gasteiger partial charge on any atom is 0.342 e. The Hall–Kier alpha value is -5.91. The van der Waals surface area contributed by atoms with Crippen molar-refractivity contribution in [2.45, 2.75) is 23.6 Å². The van der Waals surface area contributed by atoms with Crippen molar-refractivity contribution in [3.05, 3.63) is 155 Å². The molecule has 14 nitrogen and oxygen atoms in total. The molecule has 0 radical (unpaired) electrons. The maximum atomic E-state index is 12.6. The number of nitrogens with one attached hydrogen (secondary N) is 1. The van der Waals surface area contributed by atoms with Crippen LogP contribution in [-0.2, 0) is 28.5 Å². The van der Waals surface area contributed by atoms with Gasteiger partial charge in [-0.15, -0.1) is 0 Å². The molecule has 4 aromatic rings. The third-order valence-corrected chi connectivity index (χ3v) is 10.2. The Morgan fingerprint density at radius 2 is 1.11 bits per heavy atom. The number of nitrogens with zero attached hydrogens (tertiary/aromatic N) is 2. The van der Waals surface area contributed by atoms with Crippen LogP contribution in [0.1, 0.15) is 34.6 Å². The SMILES string of the molecule is C=C(/C=C\C=NC)Oc1ccc(N)cc1C(=O)OCC.C=C(/C=C\C=NC)Oc1ccc(NS(=O)(=O)c2ccc(Cl)cc2)cc1C(=O)OCC.O=S(=O)(Cl)c1ccc(Cl)cc1. The molecule has 0 aliphatic heterocycles. The van der Waals surface area contributed by atoms with Crippen molar-refractivity contribution in [2.24, 2.45) is 9.98 Å². The van der Waals surface area contributed by atoms with Gasteiger partial charge in [-0.25, -0.2) is 26.4 Å². The number of carbonyl (C=O) groups is 2. The number of esters is 2. The average Bonchev–Trinajstić information content (AvgIpc) is 3.20. The molecule has 0 heterocycles. The summed E-state index contributed by atoms with van der Waals surface area (Å²) in [4.78, 5) is 31.9. The zero-order valence-electron chi connectivity index (χ0n) is 33.4. The van der Waals surface area contributed by atoms with E-state index in [-0.39, 0.29) is 51.3 Å². The third kappa shape index (κ3) is 18.5. The second-order valence-corrected chi connectivity index (χ2v) is 16.6. The first-order valence-electron chi connectivity index (χ1n) is 17.6. The smallest absolute Gasteiger partial charge is 0.342 e. The number of benzene rings is 4. The lowest BCUT2D eigenvalue weighted by atomic mass is 10.2. The molecule has 4 aromatic carbocycles. The fraction of sp³-hybridized carbons (Fsp3) is 0.143. The molecule has 0 saturated carbocycles. The van der Waals surface area contributed by atoms with Crippen LogP contribution in [0.25, 0.3) is 0 Å². The highest BCUT2D eigenvalue weighted by molar-refractivity contribution is 8.13. The van der Waals surface area contributed by atoms with E-state index in [1.807, 2.05) is 0 Å². The van der Waals surface area contributed by atoms with Crippen LogP contribution >= 0.6 is 33.9 Å². The summed E-state index contributed by atoms with van der Waals surface area (Å²) in [5.41, 5.74) is 6.61. The molecule has 0 saturated heterocycles. The van der Waals surface area contributed by atoms with E-state index in [4.69, 9.17) is 58.6 Å². The van der Waals surface area contributed by atoms with Gasteiger partial charge in [0.05, 0.1) is 23.0 Å². The molecule has 0 spiro atoms. The molecule has 0 aliphatic carbocycles. The van der Waals surface area contributed by atoms with Gasteiger partial charge in [0.15, 0.2) is 0 Å². The van der Waals surface area contributed by atoms with Crippen LogP contribution in [0.3, 0.4) is 0 Å². The molecule has 19 heteroatoms. The van der Waals surface area contributed by atoms with Crippen LogP contribution in [0, 0.1) is 0 Å². The largest absolute Gasteiger partial charge is 0.462 e. The van der Waals surface area contributed by atoms with E-state index in [0.29, 0.717) is 27.2 Å². The lowest BCUT2D eigenvalue weighted by Gasteiger charge is -2.14. The Kier molecular flexibility index (Phi) is 21.5. The average molecular weight is 934 g/mol. The minimum Gasteiger partial charge on any atom is -0.462 e. The van der Waals surface area contributed by atoms with Crippen molar-refractivity contribution in [3.8, 4) is 11.5 Å². The van der Waals surface area contributed by atoms with Crippen LogP contribution in [0.4, 0.5) is 11.4 Å². The Morgan fingerprint density at radius 1 is 0.689 bits per heavy atom. The van der Waals surface area contributed by atoms with Gasteiger partial charge < -0.3 is 24.7 Å². The number of nitrogens with two attached hydrogens (primary N) is 1. The topological polar surface area (TPSA) is 202 Å². The summed E-state index contributed by atoms with van der Waals surface area (Å²) >= 11 is 11.3. The molecule has 61 heavy (non-hydrogen) atoms. The molecule has 3 N–H and O–H groups in total. The van der Waals surface area contributed by atoms with Crippen molar-refractivity contribution in [2.75, 3.05) is 37.8 Å². The highest BCUT2D eigenvalue weighted by Crippen LogP contribution is 2.28. The monoisotopic (exact) mass is 932 g/mol. The number of sulfonamides is 1. The highest BCUT2D eigenvalue weighted by Gasteiger charge is 2.20. The van der Waals surface area contributed by atoms with Crippen molar-refractivity contribution in [3.63, 3.8) is 0 Å². The number of anilines is 2. The quantitative estimate of drug-likeness (QED) is 0.0271. The molecule has 0 fully saturated rings. The van der Waals surface area contributed by atoms with Gasteiger partial charge in [0, 0.05) is 58.6 Å². The number of halogens is 3. The summed E-state index contributed by atoms with van der Waals surface area (Å²) < 4.78 is 70.1. The number of allylic oxidation sites excluding steroid dienone is 4. The van der Waals surface area contributed by atoms with E-state index in [1.54, 1.807) is 76.8 Å². The fourth-order valence-electron chi connectivity index (χ4n) is 4.30. The first kappa shape index (κ1) is 51.2. The molecule has 0 aromatic heterocycles. The summed E-state index contributed by atoms with van der Waals surface area (Å²) in [5, 5.41) is 0.897. The van der Waals surface area contributed by atoms with Crippen LogP contribution in [0.2, 0.25) is 10.0 Å². The summed E-state index contributed by atoms with van der Waals surface area (Å²) in [6.45, 7) is 11.3. The highest BCUT2D eigenvalue weighted by atomic mass is 35.7. The van der Waals surface area contributed by atoms with Gasteiger partial charge in [0.1, 0.15) is 34.1 Å². The van der Waals surface area contributed by atoms with E-state index in [2.05, 4.69) is 27.9 Å². The van der Waals surface area contributed by atoms with E-state index < -0.39 is 31.0 Å². The van der Waals surface area contributed by atoms with Crippen molar-refractivity contribution < 1.29 is 45.4 Å². The number of ether oxygens (including phenoxy) is 4. The van der Waals surface area contributed by atoms with E-state index >= 15 is 0 Å². The summed E-state index contributed by atoms with van der Waals surface area (Å²) in [7, 11) is 0.835. The summed E-state index contributed by atoms with van der Waals surface area (Å²) in [5.74, 6) is 0.00974. The molecule has 0 unspecified atom stereocenters. The molecular weight excluding hydrogens is 891 g/mol. The summed E-state index contributed by atoms with van der Waals surface area (Å²) in [6.07, 6.45) is 9.67. The first-order valence-corrected chi connectivity index (χ1v) is 22.2. The van der Waals surface area contributed by atoms with Crippen LogP contribution in [0.15, 0.2) is 154 Å². The van der Waals surface area contributed by atoms with Crippen molar-refractivity contribution in [1.29, 1.82) is 0 Å². The normalized spacial score (nSPS) is 11.3. The zero-order valence-corrected chi connectivity index (χ0v) is 37.3. The van der Waals surface area contributed by atoms with Crippen LogP contribution in [0.5, 0.6) is 11.5 Å². The Labute approximate surface area is 370 Å². The molecule has 0 amide bonds. The number of nitrogen functional groups attached to an aromatic ring is 1. The number of carbonyl (C=O) groups excluding carboxylic acids is 2. The van der Waals surface area contributed by atoms with Gasteiger partial charge in [-0.1, -0.05) is 36.4 Å². The Balaban J connectivity index is 0.000000353. The van der Waals surface area contributed by atoms with E-state index in [9.17, 15) is 26.4 Å². The van der Waals surface area contributed by atoms with E-state index in [1.165, 1.54) is 72.8 Å². The molecule has 324 valence electrons. The molecule has 4 rings (SSSR count). The predicted octanol–water partition coefficient (Wildman–Crippen LogP) is 9.33. The second kappa shape index (κ2) is 25.7. The van der Waals surface area contributed by atoms with Gasteiger partial charge in [-0.3, -0.25) is 14.7 Å². The lowest BCUT2D eigenvalue weighted by molar-refractivity contribution is 0.0513. The van der Waals surface area contributed by atoms with Gasteiger partial charge in [0.2, 0.25) is 0 Å². The zero-order chi connectivity index (χ0) is 45.6. The van der Waals surface area contributed by atoms with E-state index in [0.717, 1.165) is 0 Å². The molecular formula is C42H43Cl3N4O10S2. The first-order chi connectivity index (χ1) is 28.8. The molecule has 0 atom stereocenters. The van der Waals surface area contributed by atoms with Gasteiger partial charge in [-0.2, -0.15) is 0 Å². The fourth-order valence-corrected chi connectivity index (χ4v) is 6.38. The second-order valence-electron chi connectivity index (χ2n) is 11.5. The number of hydrogen-bond acceptors (Lipinski definition) is 13. The van der Waals surface area contributed by atoms with Gasteiger partial charge in [-0.05, 0) is 123 Å². The van der Waals surface area contributed by atoms with Crippen LogP contribution < -0.4 is 19.9 Å². The third-order valence-electron chi connectivity index (χ3n) is 6.96. The number of rotatable bonds is 16. The number of aliphatic imine (C=N–C) groups is 2. The van der Waals surface area contributed by atoms with Crippen molar-refractivity contribution >= 4 is 88.7 Å². The standard InChI is InChI=1S/C21H21ClN2O5S.C15H18N2O3.C6H4Cl2O2S/c1-4-28-21(25)19-14-17(9-12-20(19)29-15(2)6-5-13-23-3)24-30(26,27)18-10-7-16(22)8-11-18;1-4-19-15(18)13-10-12(16)7-8-14(13)20-11(2)6-5-9-17-3;7-5-1-3-6(4-2-5)11(8,9)10/h5-14,24H,2,4H2,1,3H3;5-10H,2,4,16H2,1,3H3;1-4H/b6-5-,23-13?;6-5-,17-9?;. The molecule has 0 aliphatic rings. The van der Waals surface area contributed by atoms with Crippen LogP contribution in [-0.4, -0.2) is 68.5 Å². The van der Waals surface area contributed by atoms with Gasteiger partial charge in [0.25, 0.3) is 19.1 Å². The maximum absolute atomic E-state index is 12.6. The van der Waals surface area contributed by atoms with Gasteiger partial charge >= 0.3 is 11.9 Å². The Morgan fingerprint density at radius 3 is 1.54 bits per heavy atom. The molecule has 0 bridgehead atoms. The lowest BCUT2D eigenvalue weighted by Crippen LogP contribution is -2.14.